The van der Waals surface area contributed by atoms with Crippen LogP contribution >= 0.6 is 0 Å². The number of ether oxygens (including phenoxy) is 2. The van der Waals surface area contributed by atoms with Crippen molar-refractivity contribution in [2.75, 3.05) is 14.2 Å². The molecule has 0 amide bonds. The first-order valence-corrected chi connectivity index (χ1v) is 12.9. The minimum absolute atomic E-state index is 0.0540. The van der Waals surface area contributed by atoms with Crippen LogP contribution in [0.5, 0.6) is 11.5 Å². The van der Waals surface area contributed by atoms with Gasteiger partial charge in [0.25, 0.3) is 0 Å². The first kappa shape index (κ1) is 23.6. The van der Waals surface area contributed by atoms with Crippen LogP contribution in [0.25, 0.3) is 32.7 Å². The molecular formula is C30H24O5S. The van der Waals surface area contributed by atoms with Crippen LogP contribution in [0.1, 0.15) is 5.56 Å². The molecule has 0 aromatic heterocycles. The van der Waals surface area contributed by atoms with Gasteiger partial charge in [0, 0.05) is 22.4 Å². The number of aryl methyl sites for hydroxylation is 1. The molecule has 0 radical (unpaired) electrons. The summed E-state index contributed by atoms with van der Waals surface area (Å²) in [7, 11) is -1.16. The topological polar surface area (TPSA) is 69.7 Å². The Morgan fingerprint density at radius 3 is 1.97 bits per heavy atom. The molecule has 0 saturated carbocycles. The van der Waals surface area contributed by atoms with Crippen molar-refractivity contribution in [3.05, 3.63) is 107 Å². The van der Waals surface area contributed by atoms with E-state index in [-0.39, 0.29) is 9.79 Å². The second-order valence-corrected chi connectivity index (χ2v) is 10.4. The van der Waals surface area contributed by atoms with Gasteiger partial charge in [-0.2, -0.15) is 0 Å². The normalized spacial score (nSPS) is 11.5. The van der Waals surface area contributed by atoms with Gasteiger partial charge in [0.05, 0.1) is 19.1 Å². The van der Waals surface area contributed by atoms with Gasteiger partial charge in [-0.1, -0.05) is 72.3 Å². The second kappa shape index (κ2) is 9.13. The molecule has 0 N–H and O–H groups in total. The first-order chi connectivity index (χ1) is 17.4. The maximum absolute atomic E-state index is 14.2. The van der Waals surface area contributed by atoms with Crippen LogP contribution in [-0.2, 0) is 9.84 Å². The lowest BCUT2D eigenvalue weighted by molar-refractivity contribution is 0.398. The quantitative estimate of drug-likeness (QED) is 0.291. The maximum Gasteiger partial charge on any atom is 0.211 e. The number of fused-ring (bicyclic) bond motifs is 3. The van der Waals surface area contributed by atoms with Crippen LogP contribution in [0.4, 0.5) is 0 Å². The largest absolute Gasteiger partial charge is 0.497 e. The zero-order valence-electron chi connectivity index (χ0n) is 20.1. The highest BCUT2D eigenvalue weighted by atomic mass is 32.2. The van der Waals surface area contributed by atoms with Gasteiger partial charge in [-0.15, -0.1) is 0 Å². The lowest BCUT2D eigenvalue weighted by Gasteiger charge is -2.14. The van der Waals surface area contributed by atoms with Crippen molar-refractivity contribution in [1.82, 2.24) is 0 Å². The van der Waals surface area contributed by atoms with Crippen molar-refractivity contribution >= 4 is 31.4 Å². The molecule has 5 nitrogen and oxygen atoms in total. The Morgan fingerprint density at radius 1 is 0.694 bits per heavy atom. The average Bonchev–Trinajstić information content (AvgIpc) is 3.02. The number of hydrogen-bond acceptors (Lipinski definition) is 5. The minimum atomic E-state index is -4.23. The smallest absolute Gasteiger partial charge is 0.211 e. The molecule has 5 aromatic rings. The molecule has 5 rings (SSSR count). The van der Waals surface area contributed by atoms with E-state index in [0.29, 0.717) is 44.2 Å². The third-order valence-electron chi connectivity index (χ3n) is 6.34. The lowest BCUT2D eigenvalue weighted by atomic mass is 9.99. The van der Waals surface area contributed by atoms with Crippen LogP contribution < -0.4 is 14.9 Å². The van der Waals surface area contributed by atoms with Gasteiger partial charge in [0.15, 0.2) is 0 Å². The van der Waals surface area contributed by atoms with Crippen LogP contribution in [0.2, 0.25) is 0 Å². The molecule has 0 bridgehead atoms. The number of methoxy groups -OCH3 is 2. The molecule has 36 heavy (non-hydrogen) atoms. The lowest BCUT2D eigenvalue weighted by Crippen LogP contribution is -2.15. The number of hydrogen-bond donors (Lipinski definition) is 0. The Bertz CT molecular complexity index is 1780. The summed E-state index contributed by atoms with van der Waals surface area (Å²) < 4.78 is 39.8. The highest BCUT2D eigenvalue weighted by Crippen LogP contribution is 2.43. The van der Waals surface area contributed by atoms with E-state index < -0.39 is 15.3 Å². The fourth-order valence-corrected chi connectivity index (χ4v) is 6.15. The van der Waals surface area contributed by atoms with Gasteiger partial charge in [-0.25, -0.2) is 8.42 Å². The molecular weight excluding hydrogens is 472 g/mol. The van der Waals surface area contributed by atoms with E-state index in [2.05, 4.69) is 0 Å². The van der Waals surface area contributed by atoms with E-state index in [1.165, 1.54) is 19.2 Å². The summed E-state index contributed by atoms with van der Waals surface area (Å²) in [5, 5.41) is 2.08. The molecule has 0 aliphatic rings. The molecule has 0 heterocycles. The van der Waals surface area contributed by atoms with Crippen molar-refractivity contribution in [2.24, 2.45) is 0 Å². The number of rotatable bonds is 5. The molecule has 0 atom stereocenters. The van der Waals surface area contributed by atoms with E-state index in [4.69, 9.17) is 9.47 Å². The van der Waals surface area contributed by atoms with E-state index in [0.717, 1.165) is 5.56 Å². The second-order valence-electron chi connectivity index (χ2n) is 8.51. The van der Waals surface area contributed by atoms with Crippen LogP contribution in [-0.4, -0.2) is 22.6 Å². The van der Waals surface area contributed by atoms with Crippen LogP contribution in [0, 0.1) is 6.92 Å². The predicted molar refractivity (Wildman–Crippen MR) is 143 cm³/mol. The fraction of sp³-hybridized carbons (Fsp3) is 0.100. The summed E-state index contributed by atoms with van der Waals surface area (Å²) in [6.07, 6.45) is 0. The maximum atomic E-state index is 14.2. The average molecular weight is 497 g/mol. The van der Waals surface area contributed by atoms with Crippen molar-refractivity contribution in [1.29, 1.82) is 0 Å². The molecule has 5 aromatic carbocycles. The Hall–Kier alpha value is -4.16. The van der Waals surface area contributed by atoms with Gasteiger partial charge in [-0.3, -0.25) is 4.79 Å². The molecule has 0 spiro atoms. The molecule has 0 aliphatic carbocycles. The zero-order chi connectivity index (χ0) is 25.4. The first-order valence-electron chi connectivity index (χ1n) is 11.4. The summed E-state index contributed by atoms with van der Waals surface area (Å²) >= 11 is 0. The van der Waals surface area contributed by atoms with E-state index in [1.807, 2.05) is 43.3 Å². The zero-order valence-corrected chi connectivity index (χ0v) is 20.9. The van der Waals surface area contributed by atoms with E-state index >= 15 is 0 Å². The summed E-state index contributed by atoms with van der Waals surface area (Å²) in [5.41, 5.74) is 1.24. The Labute approximate surface area is 209 Å². The van der Waals surface area contributed by atoms with Gasteiger partial charge in [0.1, 0.15) is 16.4 Å². The van der Waals surface area contributed by atoms with E-state index in [1.54, 1.807) is 49.6 Å². The van der Waals surface area contributed by atoms with Gasteiger partial charge in [-0.05, 0) is 41.5 Å². The van der Waals surface area contributed by atoms with Crippen LogP contribution in [0.15, 0.2) is 106 Å². The molecule has 0 unspecified atom stereocenters. The Morgan fingerprint density at radius 2 is 1.33 bits per heavy atom. The van der Waals surface area contributed by atoms with E-state index in [9.17, 15) is 13.2 Å². The standard InChI is InChI=1S/C30H24O5S/c1-19-13-15-22(16-14-19)36(32,33)30-27(20-9-5-4-6-10-20)28-25(17-21(34-2)18-26(28)35-3)23-11-7-8-12-24(23)29(30)31/h4-18H,1-3H3. The number of sulfone groups is 1. The molecule has 180 valence electrons. The highest BCUT2D eigenvalue weighted by Gasteiger charge is 2.29. The molecule has 0 saturated heterocycles. The summed E-state index contributed by atoms with van der Waals surface area (Å²) in [6.45, 7) is 1.88. The summed E-state index contributed by atoms with van der Waals surface area (Å²) in [6, 6.07) is 26.2. The van der Waals surface area contributed by atoms with Crippen molar-refractivity contribution in [3.8, 4) is 22.6 Å². The Kier molecular flexibility index (Phi) is 5.98. The predicted octanol–water partition coefficient (Wildman–Crippen LogP) is 6.18. The molecule has 0 aliphatic heterocycles. The molecule has 6 heteroatoms. The Balaban J connectivity index is 2.14. The van der Waals surface area contributed by atoms with Crippen LogP contribution in [0.3, 0.4) is 0 Å². The van der Waals surface area contributed by atoms with Gasteiger partial charge in [0.2, 0.25) is 15.3 Å². The molecule has 0 fully saturated rings. The number of benzene rings is 4. The fourth-order valence-electron chi connectivity index (χ4n) is 4.58. The summed E-state index contributed by atoms with van der Waals surface area (Å²) in [5.74, 6) is 0.939. The third-order valence-corrected chi connectivity index (χ3v) is 8.16. The third kappa shape index (κ3) is 3.80. The summed E-state index contributed by atoms with van der Waals surface area (Å²) in [4.78, 5) is 14.0. The van der Waals surface area contributed by atoms with Gasteiger partial charge >= 0.3 is 0 Å². The SMILES string of the molecule is COc1cc(OC)c2c(-c3ccccc3)c(S(=O)(=O)c3ccc(C)cc3)c(=O)c3ccccc3c2c1. The monoisotopic (exact) mass is 496 g/mol. The van der Waals surface area contributed by atoms with Crippen molar-refractivity contribution in [3.63, 3.8) is 0 Å². The van der Waals surface area contributed by atoms with Gasteiger partial charge < -0.3 is 9.47 Å². The van der Waals surface area contributed by atoms with Crippen molar-refractivity contribution in [2.45, 2.75) is 16.7 Å². The van der Waals surface area contributed by atoms with Crippen molar-refractivity contribution < 1.29 is 17.9 Å². The minimum Gasteiger partial charge on any atom is -0.497 e. The highest BCUT2D eigenvalue weighted by molar-refractivity contribution is 7.91.